The highest BCUT2D eigenvalue weighted by Crippen LogP contribution is 2.08. The summed E-state index contributed by atoms with van der Waals surface area (Å²) in [6.07, 6.45) is 3.17. The lowest BCUT2D eigenvalue weighted by atomic mass is 10.1. The molecule has 15 heavy (non-hydrogen) atoms. The fourth-order valence-electron chi connectivity index (χ4n) is 1.99. The van der Waals surface area contributed by atoms with E-state index in [0.717, 1.165) is 38.4 Å². The molecule has 1 fully saturated rings. The van der Waals surface area contributed by atoms with Gasteiger partial charge in [0.05, 0.1) is 0 Å². The lowest BCUT2D eigenvalue weighted by Gasteiger charge is -2.30. The van der Waals surface area contributed by atoms with Gasteiger partial charge in [0.15, 0.2) is 5.82 Å². The zero-order valence-corrected chi connectivity index (χ0v) is 9.15. The van der Waals surface area contributed by atoms with E-state index < -0.39 is 0 Å². The molecule has 1 saturated heterocycles. The average Bonchev–Trinajstić information content (AvgIpc) is 2.62. The number of hydrogen-bond donors (Lipinski definition) is 1. The van der Waals surface area contributed by atoms with E-state index in [2.05, 4.69) is 15.0 Å². The Morgan fingerprint density at radius 2 is 2.47 bits per heavy atom. The second-order valence-electron chi connectivity index (χ2n) is 4.19. The minimum atomic E-state index is 0.336. The van der Waals surface area contributed by atoms with Crippen molar-refractivity contribution in [3.63, 3.8) is 0 Å². The maximum Gasteiger partial charge on any atom is 0.227 e. The van der Waals surface area contributed by atoms with Gasteiger partial charge in [0.2, 0.25) is 5.89 Å². The van der Waals surface area contributed by atoms with Crippen LogP contribution in [0.4, 0.5) is 0 Å². The first kappa shape index (κ1) is 10.6. The van der Waals surface area contributed by atoms with Gasteiger partial charge in [-0.15, -0.1) is 0 Å². The van der Waals surface area contributed by atoms with Crippen LogP contribution in [0.2, 0.25) is 0 Å². The van der Waals surface area contributed by atoms with E-state index in [4.69, 9.17) is 10.3 Å². The predicted molar refractivity (Wildman–Crippen MR) is 56.4 cm³/mol. The standard InChI is InChI=1S/C10H18N4O/c1-8-12-10(15-13-8)4-6-14-5-2-3-9(11)7-14/h9H,2-7,11H2,1H3. The van der Waals surface area contributed by atoms with Gasteiger partial charge in [-0.05, 0) is 26.3 Å². The Balaban J connectivity index is 1.77. The molecular weight excluding hydrogens is 192 g/mol. The second kappa shape index (κ2) is 4.72. The molecule has 1 aromatic heterocycles. The molecule has 0 spiro atoms. The third kappa shape index (κ3) is 3.00. The molecule has 0 saturated carbocycles. The van der Waals surface area contributed by atoms with Crippen molar-refractivity contribution in [2.45, 2.75) is 32.2 Å². The van der Waals surface area contributed by atoms with Crippen LogP contribution in [0.1, 0.15) is 24.6 Å². The lowest BCUT2D eigenvalue weighted by molar-refractivity contribution is 0.204. The SMILES string of the molecule is Cc1noc(CCN2CCCC(N)C2)n1. The zero-order chi connectivity index (χ0) is 10.7. The Morgan fingerprint density at radius 3 is 3.13 bits per heavy atom. The first-order valence-corrected chi connectivity index (χ1v) is 5.51. The molecule has 5 nitrogen and oxygen atoms in total. The Hall–Kier alpha value is -0.940. The van der Waals surface area contributed by atoms with Crippen LogP contribution in [0.25, 0.3) is 0 Å². The summed E-state index contributed by atoms with van der Waals surface area (Å²) in [4.78, 5) is 6.55. The number of aromatic nitrogens is 2. The summed E-state index contributed by atoms with van der Waals surface area (Å²) in [6, 6.07) is 0.336. The van der Waals surface area contributed by atoms with Gasteiger partial charge in [-0.25, -0.2) is 0 Å². The van der Waals surface area contributed by atoms with Gasteiger partial charge in [-0.3, -0.25) is 0 Å². The first-order chi connectivity index (χ1) is 7.24. The molecule has 0 aliphatic carbocycles. The Labute approximate surface area is 89.6 Å². The van der Waals surface area contributed by atoms with Crippen molar-refractivity contribution in [2.24, 2.45) is 5.73 Å². The number of likely N-dealkylation sites (tertiary alicyclic amines) is 1. The lowest BCUT2D eigenvalue weighted by Crippen LogP contribution is -2.43. The van der Waals surface area contributed by atoms with Crippen LogP contribution in [0, 0.1) is 6.92 Å². The fraction of sp³-hybridized carbons (Fsp3) is 0.800. The van der Waals surface area contributed by atoms with E-state index in [-0.39, 0.29) is 0 Å². The van der Waals surface area contributed by atoms with Gasteiger partial charge in [-0.2, -0.15) is 4.98 Å². The van der Waals surface area contributed by atoms with Crippen molar-refractivity contribution < 1.29 is 4.52 Å². The number of rotatable bonds is 3. The van der Waals surface area contributed by atoms with Gasteiger partial charge in [0, 0.05) is 25.6 Å². The topological polar surface area (TPSA) is 68.2 Å². The molecule has 1 aromatic rings. The smallest absolute Gasteiger partial charge is 0.227 e. The van der Waals surface area contributed by atoms with E-state index in [1.165, 1.54) is 6.42 Å². The molecule has 1 aliphatic heterocycles. The van der Waals surface area contributed by atoms with E-state index in [9.17, 15) is 0 Å². The van der Waals surface area contributed by atoms with Gasteiger partial charge in [-0.1, -0.05) is 5.16 Å². The summed E-state index contributed by atoms with van der Waals surface area (Å²) in [5.74, 6) is 1.44. The summed E-state index contributed by atoms with van der Waals surface area (Å²) < 4.78 is 5.06. The zero-order valence-electron chi connectivity index (χ0n) is 9.15. The number of aryl methyl sites for hydroxylation is 1. The number of nitrogens with zero attached hydrogens (tertiary/aromatic N) is 3. The summed E-state index contributed by atoms with van der Waals surface area (Å²) in [6.45, 7) is 4.94. The van der Waals surface area contributed by atoms with Crippen molar-refractivity contribution in [3.8, 4) is 0 Å². The Kier molecular flexibility index (Phi) is 3.33. The molecule has 0 radical (unpaired) electrons. The number of piperidine rings is 1. The first-order valence-electron chi connectivity index (χ1n) is 5.51. The summed E-state index contributed by atoms with van der Waals surface area (Å²) in [7, 11) is 0. The van der Waals surface area contributed by atoms with Crippen LogP contribution in [-0.4, -0.2) is 40.7 Å². The van der Waals surface area contributed by atoms with Crippen molar-refractivity contribution in [3.05, 3.63) is 11.7 Å². The van der Waals surface area contributed by atoms with Gasteiger partial charge < -0.3 is 15.2 Å². The molecule has 1 aliphatic rings. The van der Waals surface area contributed by atoms with Crippen LogP contribution in [0.15, 0.2) is 4.52 Å². The summed E-state index contributed by atoms with van der Waals surface area (Å²) in [5.41, 5.74) is 5.91. The fourth-order valence-corrected chi connectivity index (χ4v) is 1.99. The van der Waals surface area contributed by atoms with Crippen molar-refractivity contribution in [1.82, 2.24) is 15.0 Å². The number of hydrogen-bond acceptors (Lipinski definition) is 5. The molecule has 2 heterocycles. The predicted octanol–water partition coefficient (Wildman–Crippen LogP) is 0.344. The molecule has 2 rings (SSSR count). The van der Waals surface area contributed by atoms with Crippen LogP contribution in [0.3, 0.4) is 0 Å². The summed E-state index contributed by atoms with van der Waals surface area (Å²) in [5, 5.41) is 3.77. The molecular formula is C10H18N4O. The highest BCUT2D eigenvalue weighted by Gasteiger charge is 2.16. The Bertz CT molecular complexity index is 312. The van der Waals surface area contributed by atoms with Gasteiger partial charge in [0.1, 0.15) is 0 Å². The van der Waals surface area contributed by atoms with E-state index in [0.29, 0.717) is 11.9 Å². The van der Waals surface area contributed by atoms with E-state index in [1.54, 1.807) is 0 Å². The maximum atomic E-state index is 5.91. The van der Waals surface area contributed by atoms with Crippen LogP contribution < -0.4 is 5.73 Å². The average molecular weight is 210 g/mol. The Morgan fingerprint density at radius 1 is 1.60 bits per heavy atom. The molecule has 2 N–H and O–H groups in total. The van der Waals surface area contributed by atoms with Crippen molar-refractivity contribution in [2.75, 3.05) is 19.6 Å². The molecule has 5 heteroatoms. The maximum absolute atomic E-state index is 5.91. The molecule has 0 aromatic carbocycles. The largest absolute Gasteiger partial charge is 0.339 e. The highest BCUT2D eigenvalue weighted by atomic mass is 16.5. The van der Waals surface area contributed by atoms with E-state index >= 15 is 0 Å². The molecule has 84 valence electrons. The van der Waals surface area contributed by atoms with Crippen molar-refractivity contribution in [1.29, 1.82) is 0 Å². The van der Waals surface area contributed by atoms with Gasteiger partial charge in [0.25, 0.3) is 0 Å². The number of nitrogens with two attached hydrogens (primary N) is 1. The molecule has 0 bridgehead atoms. The highest BCUT2D eigenvalue weighted by molar-refractivity contribution is 4.85. The quantitative estimate of drug-likeness (QED) is 0.779. The molecule has 1 atom stereocenters. The second-order valence-corrected chi connectivity index (χ2v) is 4.19. The summed E-state index contributed by atoms with van der Waals surface area (Å²) >= 11 is 0. The van der Waals surface area contributed by atoms with E-state index in [1.807, 2.05) is 6.92 Å². The molecule has 0 amide bonds. The molecule has 1 unspecified atom stereocenters. The minimum Gasteiger partial charge on any atom is -0.339 e. The van der Waals surface area contributed by atoms with Crippen molar-refractivity contribution >= 4 is 0 Å². The third-order valence-corrected chi connectivity index (χ3v) is 2.75. The normalized spacial score (nSPS) is 23.2. The van der Waals surface area contributed by atoms with Gasteiger partial charge >= 0.3 is 0 Å². The minimum absolute atomic E-state index is 0.336. The van der Waals surface area contributed by atoms with Crippen LogP contribution >= 0.6 is 0 Å². The van der Waals surface area contributed by atoms with Crippen LogP contribution in [0.5, 0.6) is 0 Å². The monoisotopic (exact) mass is 210 g/mol. The third-order valence-electron chi connectivity index (χ3n) is 2.75. The van der Waals surface area contributed by atoms with Crippen LogP contribution in [-0.2, 0) is 6.42 Å².